The van der Waals surface area contributed by atoms with Gasteiger partial charge in [-0.05, 0) is 60.8 Å². The number of furan rings is 1. The second-order valence-corrected chi connectivity index (χ2v) is 7.65. The molecule has 0 bridgehead atoms. The molecule has 1 amide bonds. The SMILES string of the molecule is CCCN1CCC(NC(=O)c2ccc(COc3ccc4ccccc4c3)o2)CC1. The summed E-state index contributed by atoms with van der Waals surface area (Å²) in [5.74, 6) is 1.63. The number of benzene rings is 2. The Kier molecular flexibility index (Phi) is 6.15. The first kappa shape index (κ1) is 19.5. The van der Waals surface area contributed by atoms with Crippen LogP contribution in [0.2, 0.25) is 0 Å². The molecule has 1 fully saturated rings. The number of carbonyl (C=O) groups excluding carboxylic acids is 1. The van der Waals surface area contributed by atoms with Crippen LogP contribution >= 0.6 is 0 Å². The third-order valence-electron chi connectivity index (χ3n) is 5.45. The van der Waals surface area contributed by atoms with Gasteiger partial charge in [-0.2, -0.15) is 0 Å². The molecule has 5 nitrogen and oxygen atoms in total. The van der Waals surface area contributed by atoms with E-state index in [0.717, 1.165) is 43.6 Å². The van der Waals surface area contributed by atoms with Crippen LogP contribution in [0.3, 0.4) is 0 Å². The number of likely N-dealkylation sites (tertiary alicyclic amines) is 1. The first-order valence-electron chi connectivity index (χ1n) is 10.4. The molecular formula is C24H28N2O3. The van der Waals surface area contributed by atoms with Crippen LogP contribution < -0.4 is 10.1 Å². The lowest BCUT2D eigenvalue weighted by Crippen LogP contribution is -2.44. The maximum absolute atomic E-state index is 12.5. The fourth-order valence-electron chi connectivity index (χ4n) is 3.86. The molecule has 29 heavy (non-hydrogen) atoms. The molecule has 1 aliphatic heterocycles. The van der Waals surface area contributed by atoms with Crippen molar-refractivity contribution < 1.29 is 13.9 Å². The lowest BCUT2D eigenvalue weighted by molar-refractivity contribution is 0.0879. The zero-order valence-corrected chi connectivity index (χ0v) is 16.9. The van der Waals surface area contributed by atoms with Gasteiger partial charge in [-0.3, -0.25) is 4.79 Å². The Bertz CT molecular complexity index is 957. The van der Waals surface area contributed by atoms with E-state index in [2.05, 4.69) is 29.3 Å². The molecule has 1 N–H and O–H groups in total. The van der Waals surface area contributed by atoms with Gasteiger partial charge < -0.3 is 19.4 Å². The van der Waals surface area contributed by atoms with E-state index in [1.165, 1.54) is 11.8 Å². The lowest BCUT2D eigenvalue weighted by Gasteiger charge is -2.31. The van der Waals surface area contributed by atoms with Gasteiger partial charge in [0, 0.05) is 19.1 Å². The van der Waals surface area contributed by atoms with E-state index in [0.29, 0.717) is 18.1 Å². The molecule has 0 radical (unpaired) electrons. The van der Waals surface area contributed by atoms with E-state index in [1.54, 1.807) is 12.1 Å². The van der Waals surface area contributed by atoms with Crippen molar-refractivity contribution in [2.24, 2.45) is 0 Å². The molecule has 0 unspecified atom stereocenters. The fourth-order valence-corrected chi connectivity index (χ4v) is 3.86. The maximum Gasteiger partial charge on any atom is 0.287 e. The Balaban J connectivity index is 1.29. The topological polar surface area (TPSA) is 54.7 Å². The summed E-state index contributed by atoms with van der Waals surface area (Å²) in [5, 5.41) is 5.42. The molecule has 0 spiro atoms. The molecule has 152 valence electrons. The molecule has 5 heteroatoms. The summed E-state index contributed by atoms with van der Waals surface area (Å²) in [6.07, 6.45) is 3.15. The first-order valence-corrected chi connectivity index (χ1v) is 10.4. The number of nitrogens with one attached hydrogen (secondary N) is 1. The summed E-state index contributed by atoms with van der Waals surface area (Å²) < 4.78 is 11.6. The maximum atomic E-state index is 12.5. The van der Waals surface area contributed by atoms with E-state index in [-0.39, 0.29) is 11.9 Å². The van der Waals surface area contributed by atoms with Gasteiger partial charge in [0.15, 0.2) is 5.76 Å². The summed E-state index contributed by atoms with van der Waals surface area (Å²) in [5.41, 5.74) is 0. The van der Waals surface area contributed by atoms with Gasteiger partial charge in [0.1, 0.15) is 18.1 Å². The fraction of sp³-hybridized carbons (Fsp3) is 0.375. The highest BCUT2D eigenvalue weighted by Gasteiger charge is 2.22. The third-order valence-corrected chi connectivity index (χ3v) is 5.45. The molecule has 0 saturated carbocycles. The average molecular weight is 392 g/mol. The number of hydrogen-bond acceptors (Lipinski definition) is 4. The van der Waals surface area contributed by atoms with Crippen LogP contribution in [-0.2, 0) is 6.61 Å². The number of carbonyl (C=O) groups is 1. The molecule has 4 rings (SSSR count). The van der Waals surface area contributed by atoms with Crippen LogP contribution in [0.25, 0.3) is 10.8 Å². The molecule has 2 aromatic carbocycles. The molecule has 0 aliphatic carbocycles. The standard InChI is InChI=1S/C24H28N2O3/c1-2-13-26-14-11-20(12-15-26)25-24(27)23-10-9-22(29-23)17-28-21-8-7-18-5-3-4-6-19(18)16-21/h3-10,16,20H,2,11-15,17H2,1H3,(H,25,27). The van der Waals surface area contributed by atoms with Gasteiger partial charge in [0.05, 0.1) is 0 Å². The van der Waals surface area contributed by atoms with Gasteiger partial charge in [0.25, 0.3) is 5.91 Å². The third kappa shape index (κ3) is 4.98. The van der Waals surface area contributed by atoms with Crippen molar-refractivity contribution >= 4 is 16.7 Å². The number of ether oxygens (including phenoxy) is 1. The summed E-state index contributed by atoms with van der Waals surface area (Å²) in [7, 11) is 0. The van der Waals surface area contributed by atoms with Crippen LogP contribution in [0.1, 0.15) is 42.5 Å². The Labute approximate surface area is 171 Å². The molecule has 3 aromatic rings. The minimum absolute atomic E-state index is 0.143. The number of amides is 1. The van der Waals surface area contributed by atoms with Gasteiger partial charge in [-0.25, -0.2) is 0 Å². The van der Waals surface area contributed by atoms with E-state index >= 15 is 0 Å². The van der Waals surface area contributed by atoms with Gasteiger partial charge in [-0.1, -0.05) is 37.3 Å². The number of hydrogen-bond donors (Lipinski definition) is 1. The summed E-state index contributed by atoms with van der Waals surface area (Å²) >= 11 is 0. The molecular weight excluding hydrogens is 364 g/mol. The van der Waals surface area contributed by atoms with Gasteiger partial charge in [-0.15, -0.1) is 0 Å². The largest absolute Gasteiger partial charge is 0.486 e. The normalized spacial score (nSPS) is 15.5. The second kappa shape index (κ2) is 9.14. The van der Waals surface area contributed by atoms with Crippen LogP contribution in [-0.4, -0.2) is 36.5 Å². The molecule has 0 atom stereocenters. The van der Waals surface area contributed by atoms with Crippen LogP contribution in [0, 0.1) is 0 Å². The highest BCUT2D eigenvalue weighted by molar-refractivity contribution is 5.91. The van der Waals surface area contributed by atoms with Gasteiger partial charge in [0.2, 0.25) is 0 Å². The first-order chi connectivity index (χ1) is 14.2. The van der Waals surface area contributed by atoms with E-state index in [9.17, 15) is 4.79 Å². The van der Waals surface area contributed by atoms with Crippen LogP contribution in [0.15, 0.2) is 59.0 Å². The molecule has 1 aromatic heterocycles. The highest BCUT2D eigenvalue weighted by Crippen LogP contribution is 2.22. The van der Waals surface area contributed by atoms with Crippen molar-refractivity contribution in [1.29, 1.82) is 0 Å². The smallest absolute Gasteiger partial charge is 0.287 e. The predicted molar refractivity (Wildman–Crippen MR) is 114 cm³/mol. The average Bonchev–Trinajstić information content (AvgIpc) is 3.23. The van der Waals surface area contributed by atoms with Crippen molar-refractivity contribution in [3.8, 4) is 5.75 Å². The minimum atomic E-state index is -0.143. The summed E-state index contributed by atoms with van der Waals surface area (Å²) in [6, 6.07) is 17.9. The van der Waals surface area contributed by atoms with E-state index in [4.69, 9.17) is 9.15 Å². The predicted octanol–water partition coefficient (Wildman–Crippen LogP) is 4.62. The Morgan fingerprint density at radius 3 is 2.69 bits per heavy atom. The van der Waals surface area contributed by atoms with E-state index in [1.807, 2.05) is 30.3 Å². The van der Waals surface area contributed by atoms with Crippen LogP contribution in [0.5, 0.6) is 5.75 Å². The number of nitrogens with zero attached hydrogens (tertiary/aromatic N) is 1. The Hall–Kier alpha value is -2.79. The van der Waals surface area contributed by atoms with E-state index < -0.39 is 0 Å². The molecule has 2 heterocycles. The van der Waals surface area contributed by atoms with Crippen molar-refractivity contribution in [2.75, 3.05) is 19.6 Å². The summed E-state index contributed by atoms with van der Waals surface area (Å²) in [6.45, 7) is 5.72. The van der Waals surface area contributed by atoms with Crippen molar-refractivity contribution in [2.45, 2.75) is 38.8 Å². The Morgan fingerprint density at radius 1 is 1.10 bits per heavy atom. The highest BCUT2D eigenvalue weighted by atomic mass is 16.5. The molecule has 1 aliphatic rings. The van der Waals surface area contributed by atoms with Gasteiger partial charge >= 0.3 is 0 Å². The van der Waals surface area contributed by atoms with Crippen LogP contribution in [0.4, 0.5) is 0 Å². The zero-order chi connectivity index (χ0) is 20.1. The number of piperidine rings is 1. The quantitative estimate of drug-likeness (QED) is 0.638. The minimum Gasteiger partial charge on any atom is -0.486 e. The second-order valence-electron chi connectivity index (χ2n) is 7.65. The Morgan fingerprint density at radius 2 is 1.90 bits per heavy atom. The monoisotopic (exact) mass is 392 g/mol. The molecule has 1 saturated heterocycles. The van der Waals surface area contributed by atoms with Crippen molar-refractivity contribution in [3.63, 3.8) is 0 Å². The number of fused-ring (bicyclic) bond motifs is 1. The van der Waals surface area contributed by atoms with Crippen molar-refractivity contribution in [1.82, 2.24) is 10.2 Å². The lowest BCUT2D eigenvalue weighted by atomic mass is 10.0. The zero-order valence-electron chi connectivity index (χ0n) is 16.9. The van der Waals surface area contributed by atoms with Crippen molar-refractivity contribution in [3.05, 3.63) is 66.1 Å². The number of rotatable bonds is 7. The summed E-state index contributed by atoms with van der Waals surface area (Å²) in [4.78, 5) is 15.0.